The average Bonchev–Trinajstić information content (AvgIpc) is 2.96. The largest absolute Gasteiger partial charge is 0.359 e. The first-order chi connectivity index (χ1) is 19.5. The van der Waals surface area contributed by atoms with Crippen molar-refractivity contribution in [2.45, 2.75) is 122 Å². The Morgan fingerprint density at radius 1 is 0.900 bits per heavy atom. The number of hydrogen-bond acceptors (Lipinski definition) is 1. The van der Waals surface area contributed by atoms with E-state index in [1.807, 2.05) is 0 Å². The Bertz CT molecular complexity index is 1200. The first-order valence-electron chi connectivity index (χ1n) is 16.6. The fourth-order valence-electron chi connectivity index (χ4n) is 6.89. The van der Waals surface area contributed by atoms with E-state index in [4.69, 9.17) is 0 Å². The van der Waals surface area contributed by atoms with Crippen LogP contribution in [-0.4, -0.2) is 0 Å². The molecule has 214 valence electrons. The van der Waals surface area contributed by atoms with Crippen LogP contribution in [0, 0.1) is 11.8 Å². The van der Waals surface area contributed by atoms with Crippen LogP contribution in [0.1, 0.15) is 120 Å². The number of aryl methyl sites for hydroxylation is 3. The van der Waals surface area contributed by atoms with Crippen LogP contribution in [0.5, 0.6) is 0 Å². The van der Waals surface area contributed by atoms with Gasteiger partial charge in [-0.3, -0.25) is 0 Å². The van der Waals surface area contributed by atoms with Crippen LogP contribution in [0.4, 0.5) is 5.69 Å². The zero-order valence-electron chi connectivity index (χ0n) is 25.6. The lowest BCUT2D eigenvalue weighted by molar-refractivity contribution is 0.410. The van der Waals surface area contributed by atoms with Crippen LogP contribution in [0.25, 0.3) is 0 Å². The quantitative estimate of drug-likeness (QED) is 0.237. The third kappa shape index (κ3) is 7.59. The zero-order chi connectivity index (χ0) is 27.8. The van der Waals surface area contributed by atoms with Crippen molar-refractivity contribution < 1.29 is 0 Å². The van der Waals surface area contributed by atoms with E-state index >= 15 is 0 Å². The topological polar surface area (TPSA) is 12.0 Å². The van der Waals surface area contributed by atoms with E-state index in [0.29, 0.717) is 5.92 Å². The summed E-state index contributed by atoms with van der Waals surface area (Å²) in [7, 11) is 0. The lowest BCUT2D eigenvalue weighted by Crippen LogP contribution is -2.21. The molecule has 0 heterocycles. The van der Waals surface area contributed by atoms with E-state index in [1.165, 1.54) is 112 Å². The van der Waals surface area contributed by atoms with Gasteiger partial charge >= 0.3 is 0 Å². The smallest absolute Gasteiger partial charge is 0.0381 e. The van der Waals surface area contributed by atoms with Gasteiger partial charge in [-0.25, -0.2) is 0 Å². The maximum Gasteiger partial charge on any atom is 0.0381 e. The Hall–Kier alpha value is -2.54. The van der Waals surface area contributed by atoms with E-state index in [2.05, 4.69) is 92.9 Å². The Morgan fingerprint density at radius 2 is 1.68 bits per heavy atom. The molecule has 2 aromatic rings. The number of allylic oxidation sites excluding steroid dienone is 6. The molecule has 1 nitrogen and oxygen atoms in total. The third-order valence-corrected chi connectivity index (χ3v) is 10.2. The summed E-state index contributed by atoms with van der Waals surface area (Å²) in [6.45, 7) is 6.99. The predicted molar refractivity (Wildman–Crippen MR) is 174 cm³/mol. The highest BCUT2D eigenvalue weighted by Crippen LogP contribution is 2.37. The van der Waals surface area contributed by atoms with Crippen molar-refractivity contribution in [2.24, 2.45) is 11.8 Å². The molecule has 0 aliphatic heterocycles. The number of hydrogen-bond donors (Lipinski definition) is 1. The van der Waals surface area contributed by atoms with E-state index in [-0.39, 0.29) is 5.41 Å². The molecule has 0 radical (unpaired) electrons. The molecule has 3 atom stereocenters. The minimum absolute atomic E-state index is 0.104. The third-order valence-electron chi connectivity index (χ3n) is 10.2. The number of anilines is 1. The summed E-state index contributed by atoms with van der Waals surface area (Å²) in [4.78, 5) is 0. The van der Waals surface area contributed by atoms with E-state index < -0.39 is 0 Å². The number of nitrogens with one attached hydrogen (secondary N) is 1. The molecule has 3 aliphatic carbocycles. The molecule has 0 fully saturated rings. The number of rotatable bonds is 14. The van der Waals surface area contributed by atoms with Gasteiger partial charge in [-0.2, -0.15) is 0 Å². The standard InChI is InChI=1S/C39H53N/c1-4-30(2)33-24-26-39(3,27-25-33)36-20-22-37(23-21-36)40-38-15-11-14-31(29-38)12-9-7-5-6-8-10-13-32-16-17-34-18-19-35(34)28-32/h15-17,20-26,28,30-31,40H,4-14,18-19,27,29H2,1-3H3. The minimum atomic E-state index is 0.104. The van der Waals surface area contributed by atoms with Gasteiger partial charge in [0.05, 0.1) is 0 Å². The van der Waals surface area contributed by atoms with Crippen LogP contribution < -0.4 is 5.32 Å². The molecule has 0 bridgehead atoms. The van der Waals surface area contributed by atoms with Crippen molar-refractivity contribution in [2.75, 3.05) is 5.32 Å². The number of unbranched alkanes of at least 4 members (excludes halogenated alkanes) is 5. The molecular weight excluding hydrogens is 482 g/mol. The van der Waals surface area contributed by atoms with Crippen LogP contribution in [0.3, 0.4) is 0 Å². The summed E-state index contributed by atoms with van der Waals surface area (Å²) >= 11 is 0. The van der Waals surface area contributed by atoms with Crippen molar-refractivity contribution in [3.8, 4) is 0 Å². The molecule has 0 saturated carbocycles. The Kier molecular flexibility index (Phi) is 10.1. The van der Waals surface area contributed by atoms with Crippen molar-refractivity contribution in [3.05, 3.63) is 100 Å². The van der Waals surface area contributed by atoms with Gasteiger partial charge in [-0.15, -0.1) is 0 Å². The van der Waals surface area contributed by atoms with Crippen LogP contribution in [0.2, 0.25) is 0 Å². The summed E-state index contributed by atoms with van der Waals surface area (Å²) in [5.74, 6) is 1.51. The highest BCUT2D eigenvalue weighted by atomic mass is 14.9. The molecule has 40 heavy (non-hydrogen) atoms. The number of fused-ring (bicyclic) bond motifs is 1. The van der Waals surface area contributed by atoms with Gasteiger partial charge in [0, 0.05) is 16.8 Å². The minimum Gasteiger partial charge on any atom is -0.359 e. The maximum absolute atomic E-state index is 3.76. The Balaban J connectivity index is 0.969. The Morgan fingerprint density at radius 3 is 2.38 bits per heavy atom. The summed E-state index contributed by atoms with van der Waals surface area (Å²) in [5, 5.41) is 3.76. The van der Waals surface area contributed by atoms with Gasteiger partial charge in [0.1, 0.15) is 0 Å². The van der Waals surface area contributed by atoms with E-state index in [1.54, 1.807) is 16.7 Å². The molecule has 3 aliphatic rings. The molecule has 0 aromatic heterocycles. The molecular formula is C39H53N. The summed E-state index contributed by atoms with van der Waals surface area (Å²) in [5.41, 5.74) is 10.5. The van der Waals surface area contributed by atoms with Crippen LogP contribution >= 0.6 is 0 Å². The highest BCUT2D eigenvalue weighted by Gasteiger charge is 2.26. The lowest BCUT2D eigenvalue weighted by atomic mass is 9.74. The predicted octanol–water partition coefficient (Wildman–Crippen LogP) is 11.0. The van der Waals surface area contributed by atoms with Gasteiger partial charge in [-0.1, -0.05) is 114 Å². The van der Waals surface area contributed by atoms with Crippen LogP contribution in [-0.2, 0) is 24.7 Å². The maximum atomic E-state index is 3.76. The van der Waals surface area contributed by atoms with Gasteiger partial charge < -0.3 is 5.32 Å². The fourth-order valence-corrected chi connectivity index (χ4v) is 6.89. The number of benzene rings is 2. The normalized spacial score (nSPS) is 22.6. The zero-order valence-corrected chi connectivity index (χ0v) is 25.6. The van der Waals surface area contributed by atoms with E-state index in [9.17, 15) is 0 Å². The first kappa shape index (κ1) is 29.0. The van der Waals surface area contributed by atoms with Gasteiger partial charge in [0.2, 0.25) is 0 Å². The van der Waals surface area contributed by atoms with Gasteiger partial charge in [0.15, 0.2) is 0 Å². The average molecular weight is 536 g/mol. The van der Waals surface area contributed by atoms with Crippen LogP contribution in [0.15, 0.2) is 78.0 Å². The monoisotopic (exact) mass is 535 g/mol. The molecule has 5 rings (SSSR count). The van der Waals surface area contributed by atoms with Crippen molar-refractivity contribution in [3.63, 3.8) is 0 Å². The molecule has 1 N–H and O–H groups in total. The molecule has 0 spiro atoms. The van der Waals surface area contributed by atoms with Gasteiger partial charge in [0.25, 0.3) is 0 Å². The molecule has 2 aromatic carbocycles. The molecule has 1 heteroatoms. The molecule has 0 saturated heterocycles. The fraction of sp³-hybridized carbons (Fsp3) is 0.538. The summed E-state index contributed by atoms with van der Waals surface area (Å²) < 4.78 is 0. The second kappa shape index (κ2) is 13.9. The Labute approximate surface area is 245 Å². The summed E-state index contributed by atoms with van der Waals surface area (Å²) in [6.07, 6.45) is 29.4. The first-order valence-corrected chi connectivity index (χ1v) is 16.6. The highest BCUT2D eigenvalue weighted by molar-refractivity contribution is 5.52. The lowest BCUT2D eigenvalue weighted by Gasteiger charge is -2.30. The second-order valence-corrected chi connectivity index (χ2v) is 13.3. The summed E-state index contributed by atoms with van der Waals surface area (Å²) in [6, 6.07) is 16.4. The van der Waals surface area contributed by atoms with Crippen molar-refractivity contribution in [1.82, 2.24) is 0 Å². The SMILES string of the molecule is CCC(C)C1=CCC(C)(c2ccc(NC3=CCCC(CCCCCCCCc4ccc5c(c4)CC5)C3)cc2)C=C1. The van der Waals surface area contributed by atoms with Crippen molar-refractivity contribution >= 4 is 5.69 Å². The van der Waals surface area contributed by atoms with Crippen molar-refractivity contribution in [1.29, 1.82) is 0 Å². The van der Waals surface area contributed by atoms with E-state index in [0.717, 1.165) is 12.3 Å². The molecule has 0 amide bonds. The molecule has 3 unspecified atom stereocenters. The second-order valence-electron chi connectivity index (χ2n) is 13.3. The van der Waals surface area contributed by atoms with Gasteiger partial charge in [-0.05, 0) is 110 Å².